The number of ether oxygens (including phenoxy) is 3. The number of phenolic OH excluding ortho intramolecular Hbond substituents is 1. The fourth-order valence-corrected chi connectivity index (χ4v) is 7.10. The fourth-order valence-electron chi connectivity index (χ4n) is 7.10. The average molecular weight is 656 g/mol. The molecule has 0 amide bonds. The summed E-state index contributed by atoms with van der Waals surface area (Å²) in [6.07, 6.45) is 6.39. The number of fused-ring (bicyclic) bond motifs is 3. The van der Waals surface area contributed by atoms with Crippen LogP contribution in [-0.4, -0.2) is 95.7 Å². The number of hydrogen-bond acceptors (Lipinski definition) is 9. The number of hydrogen-bond donors (Lipinski definition) is 1. The molecule has 3 fully saturated rings. The molecule has 0 unspecified atom stereocenters. The molecule has 4 aromatic rings. The summed E-state index contributed by atoms with van der Waals surface area (Å²) >= 11 is 0. The lowest BCUT2D eigenvalue weighted by molar-refractivity contribution is -0.0564. The first kappa shape index (κ1) is 31.1. The second-order valence-corrected chi connectivity index (χ2v) is 12.2. The highest BCUT2D eigenvalue weighted by Crippen LogP contribution is 2.44. The third-order valence-corrected chi connectivity index (χ3v) is 9.13. The molecule has 0 spiro atoms. The Morgan fingerprint density at radius 2 is 1.98 bits per heavy atom. The van der Waals surface area contributed by atoms with Gasteiger partial charge in [0.1, 0.15) is 53.4 Å². The first-order valence-corrected chi connectivity index (χ1v) is 15.1. The van der Waals surface area contributed by atoms with Crippen molar-refractivity contribution in [1.82, 2.24) is 19.9 Å². The van der Waals surface area contributed by atoms with Gasteiger partial charge in [-0.1, -0.05) is 12.0 Å². The lowest BCUT2D eigenvalue weighted by Crippen LogP contribution is -2.43. The summed E-state index contributed by atoms with van der Waals surface area (Å²) < 4.78 is 92.6. The number of anilines is 1. The number of phenols is 1. The number of aromatic hydroxyl groups is 1. The van der Waals surface area contributed by atoms with E-state index in [2.05, 4.69) is 20.9 Å². The first-order chi connectivity index (χ1) is 22.5. The van der Waals surface area contributed by atoms with Crippen LogP contribution in [0.1, 0.15) is 24.8 Å². The number of aromatic nitrogens is 3. The molecule has 5 heterocycles. The van der Waals surface area contributed by atoms with Crippen LogP contribution in [0.15, 0.2) is 24.3 Å². The number of rotatable bonds is 6. The summed E-state index contributed by atoms with van der Waals surface area (Å²) in [5.41, 5.74) is -1.61. The number of halogens is 5. The molecule has 1 N–H and O–H groups in total. The van der Waals surface area contributed by atoms with E-state index in [9.17, 15) is 22.7 Å². The number of terminal acetylenes is 1. The van der Waals surface area contributed by atoms with Gasteiger partial charge in [0.15, 0.2) is 5.82 Å². The van der Waals surface area contributed by atoms with Crippen molar-refractivity contribution in [2.75, 3.05) is 58.0 Å². The molecule has 47 heavy (non-hydrogen) atoms. The first-order valence-electron chi connectivity index (χ1n) is 15.1. The van der Waals surface area contributed by atoms with Crippen LogP contribution in [0.2, 0.25) is 0 Å². The highest BCUT2D eigenvalue weighted by Gasteiger charge is 2.49. The van der Waals surface area contributed by atoms with E-state index in [-0.39, 0.29) is 83.6 Å². The van der Waals surface area contributed by atoms with Crippen LogP contribution in [-0.2, 0) is 4.74 Å². The van der Waals surface area contributed by atoms with Gasteiger partial charge in [-0.3, -0.25) is 4.90 Å². The normalized spacial score (nSPS) is 22.7. The molecule has 0 aliphatic carbocycles. The zero-order valence-corrected chi connectivity index (χ0v) is 25.3. The Hall–Kier alpha value is -4.48. The number of nitrogens with zero attached hydrogens (tertiary/aromatic N) is 5. The van der Waals surface area contributed by atoms with Crippen molar-refractivity contribution in [3.05, 3.63) is 41.5 Å². The number of alkyl halides is 3. The lowest BCUT2D eigenvalue weighted by atomic mass is 9.95. The number of pyridine rings is 1. The van der Waals surface area contributed by atoms with Crippen molar-refractivity contribution in [2.24, 2.45) is 0 Å². The van der Waals surface area contributed by atoms with Crippen molar-refractivity contribution in [3.8, 4) is 41.2 Å². The Bertz CT molecular complexity index is 1940. The molecule has 3 aliphatic rings. The highest BCUT2D eigenvalue weighted by atomic mass is 19.3. The molecule has 9 nitrogen and oxygen atoms in total. The second kappa shape index (κ2) is 11.6. The highest BCUT2D eigenvalue weighted by molar-refractivity contribution is 6.04. The van der Waals surface area contributed by atoms with Crippen LogP contribution in [0.3, 0.4) is 0 Å². The average Bonchev–Trinajstić information content (AvgIpc) is 3.49. The van der Waals surface area contributed by atoms with Crippen molar-refractivity contribution >= 4 is 27.5 Å². The minimum Gasteiger partial charge on any atom is -0.508 e. The van der Waals surface area contributed by atoms with Gasteiger partial charge in [0.25, 0.3) is 5.92 Å². The predicted octanol–water partition coefficient (Wildman–Crippen LogP) is 5.25. The molecule has 3 saturated heterocycles. The molecule has 2 aromatic heterocycles. The van der Waals surface area contributed by atoms with E-state index in [0.29, 0.717) is 18.4 Å². The molecule has 0 saturated carbocycles. The van der Waals surface area contributed by atoms with Gasteiger partial charge in [0.05, 0.1) is 31.4 Å². The van der Waals surface area contributed by atoms with Gasteiger partial charge in [-0.15, -0.1) is 6.42 Å². The Morgan fingerprint density at radius 1 is 1.15 bits per heavy atom. The zero-order chi connectivity index (χ0) is 33.1. The van der Waals surface area contributed by atoms with Crippen LogP contribution in [0, 0.1) is 24.0 Å². The molecular weight excluding hydrogens is 625 g/mol. The third-order valence-electron chi connectivity index (χ3n) is 9.13. The molecule has 3 aliphatic heterocycles. The minimum absolute atomic E-state index is 0.00364. The molecule has 2 atom stereocenters. The predicted molar refractivity (Wildman–Crippen MR) is 163 cm³/mol. The maximum absolute atomic E-state index is 16.9. The van der Waals surface area contributed by atoms with E-state index in [0.717, 1.165) is 12.5 Å². The van der Waals surface area contributed by atoms with Gasteiger partial charge in [-0.2, -0.15) is 9.97 Å². The van der Waals surface area contributed by atoms with E-state index in [1.54, 1.807) is 0 Å². The zero-order valence-electron chi connectivity index (χ0n) is 25.3. The standard InChI is InChI=1S/C33H30F5N5O4/c1-3-21-23(35)6-5-18-11-20(44)12-22(24(18)21)27-26(36)28-25(30(39-27)45-2)29(42-9-10-46-17-33(37,38)15-42)41-31(40-28)47-16-32-7-4-8-43(32)14-19(34)13-32/h1,5-6,11-12,19,44H,4,7-10,13-17H2,2H3/t19-,32+/m1/s1. The van der Waals surface area contributed by atoms with Gasteiger partial charge in [-0.25, -0.2) is 26.9 Å². The Morgan fingerprint density at radius 3 is 2.77 bits per heavy atom. The van der Waals surface area contributed by atoms with Crippen LogP contribution < -0.4 is 14.4 Å². The Labute approximate surface area is 266 Å². The van der Waals surface area contributed by atoms with Gasteiger partial charge < -0.3 is 24.2 Å². The molecule has 246 valence electrons. The molecule has 7 rings (SSSR count). The second-order valence-electron chi connectivity index (χ2n) is 12.2. The smallest absolute Gasteiger partial charge is 0.319 e. The summed E-state index contributed by atoms with van der Waals surface area (Å²) in [5.74, 6) is -3.40. The quantitative estimate of drug-likeness (QED) is 0.221. The third kappa shape index (κ3) is 5.41. The fraction of sp³-hybridized carbons (Fsp3) is 0.424. The van der Waals surface area contributed by atoms with Crippen molar-refractivity contribution < 1.29 is 41.3 Å². The van der Waals surface area contributed by atoms with Gasteiger partial charge in [-0.05, 0) is 43.0 Å². The van der Waals surface area contributed by atoms with E-state index < -0.39 is 48.1 Å². The molecular formula is C33H30F5N5O4. The Kier molecular flexibility index (Phi) is 7.71. The van der Waals surface area contributed by atoms with Crippen LogP contribution >= 0.6 is 0 Å². The maximum Gasteiger partial charge on any atom is 0.319 e. The summed E-state index contributed by atoms with van der Waals surface area (Å²) in [7, 11) is 1.26. The topological polar surface area (TPSA) is 93.1 Å². The van der Waals surface area contributed by atoms with Crippen molar-refractivity contribution in [1.29, 1.82) is 0 Å². The summed E-state index contributed by atoms with van der Waals surface area (Å²) in [6.45, 7) is -0.754. The van der Waals surface area contributed by atoms with E-state index in [4.69, 9.17) is 20.6 Å². The summed E-state index contributed by atoms with van der Waals surface area (Å²) in [6, 6.07) is 4.73. The SMILES string of the molecule is C#Cc1c(F)ccc2cc(O)cc(-c3nc(OC)c4c(N5CCOCC(F)(F)C5)nc(OC[C@@]56CCCN5C[C@H](F)C6)nc4c3F)c12. The molecule has 0 radical (unpaired) electrons. The van der Waals surface area contributed by atoms with Gasteiger partial charge in [0, 0.05) is 30.5 Å². The summed E-state index contributed by atoms with van der Waals surface area (Å²) in [5, 5.41) is 10.9. The summed E-state index contributed by atoms with van der Waals surface area (Å²) in [4.78, 5) is 16.5. The van der Waals surface area contributed by atoms with Crippen molar-refractivity contribution in [2.45, 2.75) is 36.9 Å². The monoisotopic (exact) mass is 655 g/mol. The number of methoxy groups -OCH3 is 1. The largest absolute Gasteiger partial charge is 0.508 e. The Balaban J connectivity index is 1.45. The maximum atomic E-state index is 16.9. The lowest BCUT2D eigenvalue weighted by Gasteiger charge is -2.31. The van der Waals surface area contributed by atoms with Gasteiger partial charge in [0.2, 0.25) is 5.88 Å². The molecule has 0 bridgehead atoms. The minimum atomic E-state index is -3.27. The van der Waals surface area contributed by atoms with Crippen LogP contribution in [0.4, 0.5) is 27.8 Å². The van der Waals surface area contributed by atoms with Gasteiger partial charge >= 0.3 is 6.01 Å². The van der Waals surface area contributed by atoms with E-state index in [1.165, 1.54) is 30.2 Å². The molecule has 2 aromatic carbocycles. The van der Waals surface area contributed by atoms with E-state index >= 15 is 4.39 Å². The van der Waals surface area contributed by atoms with E-state index in [1.807, 2.05) is 4.90 Å². The number of benzene rings is 2. The van der Waals surface area contributed by atoms with Crippen molar-refractivity contribution in [3.63, 3.8) is 0 Å². The van der Waals surface area contributed by atoms with Crippen LogP contribution in [0.5, 0.6) is 17.6 Å². The van der Waals surface area contributed by atoms with Crippen LogP contribution in [0.25, 0.3) is 32.9 Å². The molecule has 14 heteroatoms.